The van der Waals surface area contributed by atoms with Gasteiger partial charge in [-0.1, -0.05) is 58.0 Å². The number of nitrogens with zero attached hydrogens (tertiary/aromatic N) is 4. The summed E-state index contributed by atoms with van der Waals surface area (Å²) in [5, 5.41) is 14.6. The molecule has 0 radical (unpaired) electrons. The van der Waals surface area contributed by atoms with Gasteiger partial charge in [-0.15, -0.1) is 0 Å². The summed E-state index contributed by atoms with van der Waals surface area (Å²) < 4.78 is 4.76. The standard InChI is InChI=1S/C41H53N7O6/c1-24(2)36(45-35(50)23-49)39(51)47-18-6-8-33(47)32-20-27(22-42-32)11-10-26-12-14-28(15-13-26)29-16-17-30-31(21-29)44-38(43-30)34-9-7-19-48(34)40(52)37(25(3)4)46-41(53)54-5/h12-17,21-22,24-25,33-34,36-37,49H,6-11,18-20,23H2,1-5H3,(H,43,44)(H,45,50)(H,46,53). The third kappa shape index (κ3) is 8.51. The van der Waals surface area contributed by atoms with Crippen LogP contribution in [-0.2, 0) is 25.5 Å². The molecule has 6 rings (SSSR count). The predicted molar refractivity (Wildman–Crippen MR) is 206 cm³/mol. The Hall–Kier alpha value is -5.04. The normalized spacial score (nSPS) is 19.6. The number of allylic oxidation sites excluding steroid dienone is 1. The number of alkyl carbamates (subject to hydrolysis) is 1. The van der Waals surface area contributed by atoms with Crippen LogP contribution in [0, 0.1) is 11.8 Å². The summed E-state index contributed by atoms with van der Waals surface area (Å²) in [4.78, 5) is 67.7. The molecular formula is C41H53N7O6. The molecule has 288 valence electrons. The van der Waals surface area contributed by atoms with Gasteiger partial charge in [-0.2, -0.15) is 0 Å². The van der Waals surface area contributed by atoms with Gasteiger partial charge in [0.25, 0.3) is 0 Å². The van der Waals surface area contributed by atoms with E-state index >= 15 is 0 Å². The van der Waals surface area contributed by atoms with Crippen molar-refractivity contribution >= 4 is 40.6 Å². The van der Waals surface area contributed by atoms with E-state index in [-0.39, 0.29) is 35.7 Å². The highest BCUT2D eigenvalue weighted by atomic mass is 16.5. The number of carbonyl (C=O) groups is 4. The molecule has 0 spiro atoms. The van der Waals surface area contributed by atoms with Crippen LogP contribution >= 0.6 is 0 Å². The lowest BCUT2D eigenvalue weighted by atomic mass is 9.97. The largest absolute Gasteiger partial charge is 0.453 e. The second kappa shape index (κ2) is 17.0. The highest BCUT2D eigenvalue weighted by molar-refractivity contribution is 5.98. The average Bonchev–Trinajstić information content (AvgIpc) is 4.00. The number of aliphatic imine (C=N–C) groups is 1. The number of likely N-dealkylation sites (tertiary alicyclic amines) is 2. The van der Waals surface area contributed by atoms with Crippen molar-refractivity contribution in [1.29, 1.82) is 0 Å². The molecule has 0 aliphatic carbocycles. The molecule has 54 heavy (non-hydrogen) atoms. The summed E-state index contributed by atoms with van der Waals surface area (Å²) in [5.74, 6) is -0.248. The van der Waals surface area contributed by atoms with Gasteiger partial charge in [0.05, 0.1) is 30.2 Å². The zero-order valence-electron chi connectivity index (χ0n) is 31.9. The number of carbonyl (C=O) groups excluding carboxylic acids is 4. The Labute approximate surface area is 316 Å². The van der Waals surface area contributed by atoms with Crippen LogP contribution in [0.2, 0.25) is 0 Å². The number of fused-ring (bicyclic) bond motifs is 1. The van der Waals surface area contributed by atoms with Crippen molar-refractivity contribution in [3.63, 3.8) is 0 Å². The van der Waals surface area contributed by atoms with Gasteiger partial charge in [0.2, 0.25) is 17.7 Å². The third-order valence-corrected chi connectivity index (χ3v) is 10.9. The van der Waals surface area contributed by atoms with Crippen LogP contribution in [0.1, 0.15) is 83.6 Å². The maximum Gasteiger partial charge on any atom is 0.407 e. The minimum atomic E-state index is -0.684. The third-order valence-electron chi connectivity index (χ3n) is 10.9. The Kier molecular flexibility index (Phi) is 12.2. The molecule has 2 aromatic carbocycles. The van der Waals surface area contributed by atoms with Crippen LogP contribution in [0.15, 0.2) is 59.2 Å². The fraction of sp³-hybridized carbons (Fsp3) is 0.512. The van der Waals surface area contributed by atoms with E-state index in [1.165, 1.54) is 18.2 Å². The molecule has 4 amide bonds. The highest BCUT2D eigenvalue weighted by Crippen LogP contribution is 2.34. The Morgan fingerprint density at radius 2 is 1.50 bits per heavy atom. The number of aliphatic hydroxyl groups is 1. The number of H-pyrrole nitrogens is 1. The molecule has 2 fully saturated rings. The van der Waals surface area contributed by atoms with E-state index in [4.69, 9.17) is 14.7 Å². The maximum absolute atomic E-state index is 13.6. The van der Waals surface area contributed by atoms with Crippen molar-refractivity contribution in [1.82, 2.24) is 30.4 Å². The van der Waals surface area contributed by atoms with Crippen molar-refractivity contribution in [3.8, 4) is 11.1 Å². The van der Waals surface area contributed by atoms with Gasteiger partial charge >= 0.3 is 6.09 Å². The van der Waals surface area contributed by atoms with E-state index in [2.05, 4.69) is 52.0 Å². The number of hydrogen-bond donors (Lipinski definition) is 4. The van der Waals surface area contributed by atoms with E-state index in [1.807, 2.05) is 49.8 Å². The first-order valence-electron chi connectivity index (χ1n) is 19.2. The Bertz CT molecular complexity index is 1920. The molecule has 13 nitrogen and oxygen atoms in total. The Morgan fingerprint density at radius 3 is 2.15 bits per heavy atom. The monoisotopic (exact) mass is 739 g/mol. The van der Waals surface area contributed by atoms with Crippen molar-refractivity contribution < 1.29 is 29.0 Å². The van der Waals surface area contributed by atoms with Gasteiger partial charge in [0.1, 0.15) is 24.5 Å². The second-order valence-corrected chi connectivity index (χ2v) is 15.3. The lowest BCUT2D eigenvalue weighted by molar-refractivity contribution is -0.138. The van der Waals surface area contributed by atoms with Crippen LogP contribution in [0.5, 0.6) is 0 Å². The Morgan fingerprint density at radius 1 is 0.870 bits per heavy atom. The molecule has 0 bridgehead atoms. The molecule has 1 aromatic heterocycles. The van der Waals surface area contributed by atoms with Crippen molar-refractivity contribution in [2.24, 2.45) is 16.8 Å². The number of rotatable bonds is 13. The molecule has 4 heterocycles. The number of hydrogen-bond acceptors (Lipinski definition) is 8. The number of amides is 4. The lowest BCUT2D eigenvalue weighted by Gasteiger charge is -2.31. The summed E-state index contributed by atoms with van der Waals surface area (Å²) >= 11 is 0. The highest BCUT2D eigenvalue weighted by Gasteiger charge is 2.39. The van der Waals surface area contributed by atoms with Gasteiger partial charge in [0, 0.05) is 31.4 Å². The topological polar surface area (TPSA) is 169 Å². The minimum absolute atomic E-state index is 0.0757. The maximum atomic E-state index is 13.6. The molecule has 4 atom stereocenters. The van der Waals surface area contributed by atoms with Gasteiger partial charge in [-0.3, -0.25) is 19.4 Å². The number of imidazole rings is 1. The van der Waals surface area contributed by atoms with Gasteiger partial charge in [-0.25, -0.2) is 9.78 Å². The molecule has 3 aliphatic heterocycles. The molecule has 2 saturated heterocycles. The van der Waals surface area contributed by atoms with Crippen molar-refractivity contribution in [3.05, 3.63) is 65.6 Å². The van der Waals surface area contributed by atoms with Gasteiger partial charge in [-0.05, 0) is 84.8 Å². The van der Waals surface area contributed by atoms with Gasteiger partial charge < -0.3 is 35.3 Å². The van der Waals surface area contributed by atoms with Crippen LogP contribution in [-0.4, -0.2) is 99.3 Å². The van der Waals surface area contributed by atoms with E-state index < -0.39 is 30.7 Å². The molecule has 3 aromatic rings. The first-order valence-corrected chi connectivity index (χ1v) is 19.2. The molecule has 13 heteroatoms. The summed E-state index contributed by atoms with van der Waals surface area (Å²) in [5.41, 5.74) is 7.36. The number of aromatic nitrogens is 2. The summed E-state index contributed by atoms with van der Waals surface area (Å²) in [6.07, 6.45) is 7.20. The lowest BCUT2D eigenvalue weighted by Crippen LogP contribution is -2.54. The molecule has 4 unspecified atom stereocenters. The first kappa shape index (κ1) is 38.7. The number of ether oxygens (including phenoxy) is 1. The number of benzene rings is 2. The summed E-state index contributed by atoms with van der Waals surface area (Å²) in [6, 6.07) is 13.1. The molecule has 3 aliphatic rings. The zero-order chi connectivity index (χ0) is 38.5. The fourth-order valence-corrected chi connectivity index (χ4v) is 7.87. The van der Waals surface area contributed by atoms with Crippen LogP contribution < -0.4 is 10.6 Å². The molecular weight excluding hydrogens is 686 g/mol. The van der Waals surface area contributed by atoms with Crippen LogP contribution in [0.3, 0.4) is 0 Å². The number of methoxy groups -OCH3 is 1. The first-order chi connectivity index (χ1) is 26.0. The average molecular weight is 740 g/mol. The van der Waals surface area contributed by atoms with Crippen LogP contribution in [0.25, 0.3) is 22.2 Å². The van der Waals surface area contributed by atoms with Crippen molar-refractivity contribution in [2.45, 2.75) is 96.8 Å². The van der Waals surface area contributed by atoms with E-state index in [9.17, 15) is 24.3 Å². The van der Waals surface area contributed by atoms with E-state index in [0.29, 0.717) is 13.1 Å². The number of aryl methyl sites for hydroxylation is 1. The van der Waals surface area contributed by atoms with E-state index in [0.717, 1.165) is 78.6 Å². The SMILES string of the molecule is COC(=O)NC(C(=O)N1CCCC1c1nc2ccc(-c3ccc(CCC4=CN=C(C5CCCN5C(=O)C(NC(=O)CO)C(C)C)C4)cc3)cc2[nH]1)C(C)C. The predicted octanol–water partition coefficient (Wildman–Crippen LogP) is 5.06. The quantitative estimate of drug-likeness (QED) is 0.190. The molecule has 4 N–H and O–H groups in total. The van der Waals surface area contributed by atoms with Crippen LogP contribution in [0.4, 0.5) is 4.79 Å². The number of aromatic amines is 1. The number of nitrogens with one attached hydrogen (secondary N) is 3. The minimum Gasteiger partial charge on any atom is -0.453 e. The summed E-state index contributed by atoms with van der Waals surface area (Å²) in [7, 11) is 1.29. The Balaban J connectivity index is 1.05. The smallest absolute Gasteiger partial charge is 0.407 e. The summed E-state index contributed by atoms with van der Waals surface area (Å²) in [6.45, 7) is 8.19. The zero-order valence-corrected chi connectivity index (χ0v) is 31.9. The fourth-order valence-electron chi connectivity index (χ4n) is 7.87. The van der Waals surface area contributed by atoms with E-state index in [1.54, 1.807) is 0 Å². The van der Waals surface area contributed by atoms with Crippen molar-refractivity contribution in [2.75, 3.05) is 26.8 Å². The van der Waals surface area contributed by atoms with Gasteiger partial charge in [0.15, 0.2) is 0 Å². The number of aliphatic hydroxyl groups excluding tert-OH is 1. The second-order valence-electron chi connectivity index (χ2n) is 15.3. The molecule has 0 saturated carbocycles.